The minimum absolute atomic E-state index is 0.235. The fourth-order valence-corrected chi connectivity index (χ4v) is 2.10. The molecule has 0 radical (unpaired) electrons. The van der Waals surface area contributed by atoms with Gasteiger partial charge in [-0.05, 0) is 37.6 Å². The van der Waals surface area contributed by atoms with Crippen LogP contribution in [-0.4, -0.2) is 17.7 Å². The first-order chi connectivity index (χ1) is 10.0. The minimum Gasteiger partial charge on any atom is -0.494 e. The van der Waals surface area contributed by atoms with Crippen LogP contribution in [-0.2, 0) is 0 Å². The Morgan fingerprint density at radius 2 is 2.05 bits per heavy atom. The highest BCUT2D eigenvalue weighted by Crippen LogP contribution is 2.30. The van der Waals surface area contributed by atoms with Crippen molar-refractivity contribution in [1.82, 2.24) is 0 Å². The molecule has 0 aliphatic carbocycles. The number of carboxylic acid groups (broad SMARTS) is 1. The third kappa shape index (κ3) is 3.25. The van der Waals surface area contributed by atoms with Crippen LogP contribution in [0.3, 0.4) is 0 Å². The second-order valence-corrected chi connectivity index (χ2v) is 4.61. The van der Waals surface area contributed by atoms with Crippen molar-refractivity contribution < 1.29 is 14.6 Å². The van der Waals surface area contributed by atoms with Gasteiger partial charge in [0, 0.05) is 6.07 Å². The number of carboxylic acids is 1. The van der Waals surface area contributed by atoms with Crippen LogP contribution in [0.4, 0.5) is 17.1 Å². The molecule has 2 aromatic rings. The Balaban J connectivity index is 2.41. The quantitative estimate of drug-likeness (QED) is 0.733. The number of ether oxygens (including phenoxy) is 1. The van der Waals surface area contributed by atoms with Crippen molar-refractivity contribution >= 4 is 23.0 Å². The van der Waals surface area contributed by atoms with Crippen molar-refractivity contribution in [2.24, 2.45) is 0 Å². The van der Waals surface area contributed by atoms with Crippen molar-refractivity contribution in [2.75, 3.05) is 17.7 Å². The second kappa shape index (κ2) is 6.17. The predicted octanol–water partition coefficient (Wildman–Crippen LogP) is 3.42. The summed E-state index contributed by atoms with van der Waals surface area (Å²) in [6, 6.07) is 10.5. The Bertz CT molecular complexity index is 669. The largest absolute Gasteiger partial charge is 0.494 e. The van der Waals surface area contributed by atoms with E-state index in [1.54, 1.807) is 43.3 Å². The molecule has 0 saturated carbocycles. The summed E-state index contributed by atoms with van der Waals surface area (Å²) in [5, 5.41) is 12.4. The maximum absolute atomic E-state index is 11.4. The van der Waals surface area contributed by atoms with Gasteiger partial charge in [-0.1, -0.05) is 12.1 Å². The van der Waals surface area contributed by atoms with Gasteiger partial charge in [-0.25, -0.2) is 4.79 Å². The van der Waals surface area contributed by atoms with Crippen LogP contribution in [0.15, 0.2) is 36.4 Å². The van der Waals surface area contributed by atoms with E-state index in [4.69, 9.17) is 10.5 Å². The number of nitrogens with two attached hydrogens (primary N) is 1. The number of hydrogen-bond acceptors (Lipinski definition) is 4. The number of hydrogen-bond donors (Lipinski definition) is 3. The van der Waals surface area contributed by atoms with Gasteiger partial charge >= 0.3 is 5.97 Å². The van der Waals surface area contributed by atoms with E-state index in [1.165, 1.54) is 0 Å². The standard InChI is InChI=1S/C16H18N2O3/c1-3-21-11-7-8-12(17)14(9-11)18-13-6-4-5-10(2)15(13)16(19)20/h4-9,18H,3,17H2,1-2H3,(H,19,20). The maximum Gasteiger partial charge on any atom is 0.338 e. The summed E-state index contributed by atoms with van der Waals surface area (Å²) in [4.78, 5) is 11.4. The number of nitrogen functional groups attached to an aromatic ring is 1. The molecule has 0 aliphatic rings. The highest BCUT2D eigenvalue weighted by molar-refractivity contribution is 5.97. The van der Waals surface area contributed by atoms with Crippen molar-refractivity contribution in [1.29, 1.82) is 0 Å². The number of aryl methyl sites for hydroxylation is 1. The average Bonchev–Trinajstić information content (AvgIpc) is 2.42. The van der Waals surface area contributed by atoms with Crippen molar-refractivity contribution in [3.63, 3.8) is 0 Å². The summed E-state index contributed by atoms with van der Waals surface area (Å²) in [7, 11) is 0. The predicted molar refractivity (Wildman–Crippen MR) is 83.4 cm³/mol. The van der Waals surface area contributed by atoms with Crippen LogP contribution in [0.2, 0.25) is 0 Å². The fourth-order valence-electron chi connectivity index (χ4n) is 2.10. The molecule has 0 spiro atoms. The minimum atomic E-state index is -0.977. The Morgan fingerprint density at radius 1 is 1.29 bits per heavy atom. The van der Waals surface area contributed by atoms with E-state index in [2.05, 4.69) is 5.32 Å². The molecule has 4 N–H and O–H groups in total. The van der Waals surface area contributed by atoms with Crippen molar-refractivity contribution in [3.05, 3.63) is 47.5 Å². The molecule has 0 saturated heterocycles. The second-order valence-electron chi connectivity index (χ2n) is 4.61. The molecule has 2 aromatic carbocycles. The van der Waals surface area contributed by atoms with E-state index in [0.29, 0.717) is 35.0 Å². The molecule has 110 valence electrons. The van der Waals surface area contributed by atoms with Crippen molar-refractivity contribution in [3.8, 4) is 5.75 Å². The van der Waals surface area contributed by atoms with Gasteiger partial charge in [-0.3, -0.25) is 0 Å². The molecule has 0 heterocycles. The van der Waals surface area contributed by atoms with Crippen LogP contribution in [0.1, 0.15) is 22.8 Å². The molecule has 5 heteroatoms. The molecule has 0 aliphatic heterocycles. The Morgan fingerprint density at radius 3 is 2.71 bits per heavy atom. The summed E-state index contributed by atoms with van der Waals surface area (Å²) in [5.41, 5.74) is 8.50. The van der Waals surface area contributed by atoms with Crippen molar-refractivity contribution in [2.45, 2.75) is 13.8 Å². The smallest absolute Gasteiger partial charge is 0.338 e. The first-order valence-corrected chi connectivity index (χ1v) is 6.65. The lowest BCUT2D eigenvalue weighted by Gasteiger charge is -2.14. The third-order valence-electron chi connectivity index (χ3n) is 3.09. The van der Waals surface area contributed by atoms with E-state index in [-0.39, 0.29) is 5.56 Å². The van der Waals surface area contributed by atoms with E-state index < -0.39 is 5.97 Å². The molecule has 0 fully saturated rings. The third-order valence-corrected chi connectivity index (χ3v) is 3.09. The Hall–Kier alpha value is -2.69. The lowest BCUT2D eigenvalue weighted by molar-refractivity contribution is 0.0697. The molecule has 0 amide bonds. The number of carbonyl (C=O) groups is 1. The van der Waals surface area contributed by atoms with Crippen LogP contribution in [0.5, 0.6) is 5.75 Å². The number of aromatic carboxylic acids is 1. The van der Waals surface area contributed by atoms with E-state index >= 15 is 0 Å². The van der Waals surface area contributed by atoms with Gasteiger partial charge in [-0.15, -0.1) is 0 Å². The SMILES string of the molecule is CCOc1ccc(N)c(Nc2cccc(C)c2C(=O)O)c1. The van der Waals surface area contributed by atoms with E-state index in [9.17, 15) is 9.90 Å². The zero-order chi connectivity index (χ0) is 15.4. The molecule has 0 aromatic heterocycles. The summed E-state index contributed by atoms with van der Waals surface area (Å²) >= 11 is 0. The van der Waals surface area contributed by atoms with Gasteiger partial charge in [0.25, 0.3) is 0 Å². The van der Waals surface area contributed by atoms with Crippen LogP contribution in [0.25, 0.3) is 0 Å². The number of nitrogens with one attached hydrogen (secondary N) is 1. The molecule has 0 atom stereocenters. The fraction of sp³-hybridized carbons (Fsp3) is 0.188. The van der Waals surface area contributed by atoms with Crippen LogP contribution in [0, 0.1) is 6.92 Å². The van der Waals surface area contributed by atoms with Gasteiger partial charge in [0.05, 0.1) is 29.2 Å². The van der Waals surface area contributed by atoms with Gasteiger partial charge in [0.2, 0.25) is 0 Å². The molecular weight excluding hydrogens is 268 g/mol. The molecule has 21 heavy (non-hydrogen) atoms. The first kappa shape index (κ1) is 14.7. The van der Waals surface area contributed by atoms with Gasteiger partial charge in [0.1, 0.15) is 5.75 Å². The van der Waals surface area contributed by atoms with Gasteiger partial charge in [-0.2, -0.15) is 0 Å². The summed E-state index contributed by atoms with van der Waals surface area (Å²) < 4.78 is 5.43. The monoisotopic (exact) mass is 286 g/mol. The van der Waals surface area contributed by atoms with Crippen LogP contribution < -0.4 is 15.8 Å². The Kier molecular flexibility index (Phi) is 4.33. The van der Waals surface area contributed by atoms with Crippen LogP contribution >= 0.6 is 0 Å². The molecule has 2 rings (SSSR count). The average molecular weight is 286 g/mol. The Labute approximate surface area is 123 Å². The zero-order valence-electron chi connectivity index (χ0n) is 12.0. The molecular formula is C16H18N2O3. The highest BCUT2D eigenvalue weighted by atomic mass is 16.5. The number of anilines is 3. The highest BCUT2D eigenvalue weighted by Gasteiger charge is 2.14. The summed E-state index contributed by atoms with van der Waals surface area (Å²) in [5.74, 6) is -0.297. The molecule has 0 unspecified atom stereocenters. The summed E-state index contributed by atoms with van der Waals surface area (Å²) in [6.07, 6.45) is 0. The summed E-state index contributed by atoms with van der Waals surface area (Å²) in [6.45, 7) is 4.20. The van der Waals surface area contributed by atoms with Gasteiger partial charge < -0.3 is 20.9 Å². The number of rotatable bonds is 5. The topological polar surface area (TPSA) is 84.6 Å². The first-order valence-electron chi connectivity index (χ1n) is 6.65. The van der Waals surface area contributed by atoms with E-state index in [1.807, 2.05) is 6.92 Å². The molecule has 5 nitrogen and oxygen atoms in total. The number of benzene rings is 2. The molecule has 0 bridgehead atoms. The maximum atomic E-state index is 11.4. The lowest BCUT2D eigenvalue weighted by atomic mass is 10.1. The normalized spacial score (nSPS) is 10.2. The lowest BCUT2D eigenvalue weighted by Crippen LogP contribution is -2.06. The van der Waals surface area contributed by atoms with E-state index in [0.717, 1.165) is 0 Å². The van der Waals surface area contributed by atoms with Gasteiger partial charge in [0.15, 0.2) is 0 Å². The zero-order valence-corrected chi connectivity index (χ0v) is 12.0.